The first-order valence-electron chi connectivity index (χ1n) is 7.31. The fourth-order valence-corrected chi connectivity index (χ4v) is 2.27. The number of rotatable bonds is 8. The summed E-state index contributed by atoms with van der Waals surface area (Å²) in [5.41, 5.74) is 7.03. The molecule has 1 rings (SSSR count). The zero-order valence-electron chi connectivity index (χ0n) is 12.7. The molecule has 0 saturated heterocycles. The number of nitrogens with zero attached hydrogens (tertiary/aromatic N) is 1. The molecule has 20 heavy (non-hydrogen) atoms. The summed E-state index contributed by atoms with van der Waals surface area (Å²) in [6, 6.07) is 5.31. The van der Waals surface area contributed by atoms with Gasteiger partial charge >= 0.3 is 0 Å². The van der Waals surface area contributed by atoms with Crippen molar-refractivity contribution in [1.82, 2.24) is 4.90 Å². The van der Waals surface area contributed by atoms with Crippen LogP contribution in [-0.2, 0) is 6.54 Å². The van der Waals surface area contributed by atoms with Crippen LogP contribution in [0.4, 0.5) is 4.39 Å². The van der Waals surface area contributed by atoms with Gasteiger partial charge < -0.3 is 5.73 Å². The highest BCUT2D eigenvalue weighted by molar-refractivity contribution is 7.80. The molecule has 0 radical (unpaired) electrons. The number of hydrogen-bond acceptors (Lipinski definition) is 2. The SMILES string of the molecule is CCCCN(Cc1cc(C(N)=S)ccc1F)C(C)CC. The minimum atomic E-state index is -0.185. The Bertz CT molecular complexity index is 448. The summed E-state index contributed by atoms with van der Waals surface area (Å²) in [6.45, 7) is 8.11. The third-order valence-electron chi connectivity index (χ3n) is 3.72. The molecule has 0 aromatic heterocycles. The molecule has 0 aliphatic heterocycles. The molecule has 1 aromatic rings. The Morgan fingerprint density at radius 3 is 2.65 bits per heavy atom. The van der Waals surface area contributed by atoms with Gasteiger partial charge in [-0.1, -0.05) is 32.5 Å². The quantitative estimate of drug-likeness (QED) is 0.739. The van der Waals surface area contributed by atoms with Gasteiger partial charge in [-0.3, -0.25) is 4.90 Å². The molecule has 0 saturated carbocycles. The van der Waals surface area contributed by atoms with Gasteiger partial charge in [-0.15, -0.1) is 0 Å². The van der Waals surface area contributed by atoms with Crippen LogP contribution in [0.1, 0.15) is 51.2 Å². The van der Waals surface area contributed by atoms with E-state index in [1.165, 1.54) is 6.07 Å². The summed E-state index contributed by atoms with van der Waals surface area (Å²) in [6.07, 6.45) is 3.32. The first-order chi connectivity index (χ1) is 9.49. The zero-order valence-corrected chi connectivity index (χ0v) is 13.5. The maximum Gasteiger partial charge on any atom is 0.127 e. The topological polar surface area (TPSA) is 29.3 Å². The normalized spacial score (nSPS) is 12.7. The Labute approximate surface area is 127 Å². The smallest absolute Gasteiger partial charge is 0.127 e. The van der Waals surface area contributed by atoms with E-state index < -0.39 is 0 Å². The third kappa shape index (κ3) is 4.84. The predicted octanol–water partition coefficient (Wildman–Crippen LogP) is 3.86. The molecule has 2 N–H and O–H groups in total. The summed E-state index contributed by atoms with van der Waals surface area (Å²) in [5, 5.41) is 0. The zero-order chi connectivity index (χ0) is 15.1. The maximum absolute atomic E-state index is 14.0. The summed E-state index contributed by atoms with van der Waals surface area (Å²) >= 11 is 4.96. The predicted molar refractivity (Wildman–Crippen MR) is 87.4 cm³/mol. The average molecular weight is 296 g/mol. The standard InChI is InChI=1S/C16H25FN2S/c1-4-6-9-19(12(3)5-2)11-14-10-13(16(18)20)7-8-15(14)17/h7-8,10,12H,4-6,9,11H2,1-3H3,(H2,18,20). The molecule has 1 atom stereocenters. The lowest BCUT2D eigenvalue weighted by molar-refractivity contribution is 0.190. The second-order valence-electron chi connectivity index (χ2n) is 5.25. The van der Waals surface area contributed by atoms with Crippen LogP contribution >= 0.6 is 12.2 Å². The summed E-state index contributed by atoms with van der Waals surface area (Å²) in [7, 11) is 0. The molecule has 0 heterocycles. The molecule has 112 valence electrons. The van der Waals surface area contributed by atoms with Crippen LogP contribution in [0.5, 0.6) is 0 Å². The van der Waals surface area contributed by atoms with E-state index in [4.69, 9.17) is 18.0 Å². The Morgan fingerprint density at radius 2 is 2.10 bits per heavy atom. The molecule has 0 amide bonds. The summed E-state index contributed by atoms with van der Waals surface area (Å²) in [5.74, 6) is -0.185. The number of halogens is 1. The van der Waals surface area contributed by atoms with Crippen LogP contribution < -0.4 is 5.73 Å². The number of nitrogens with two attached hydrogens (primary N) is 1. The highest BCUT2D eigenvalue weighted by Crippen LogP contribution is 2.16. The summed E-state index contributed by atoms with van der Waals surface area (Å²) < 4.78 is 14.0. The van der Waals surface area contributed by atoms with Gasteiger partial charge in [-0.2, -0.15) is 0 Å². The first-order valence-corrected chi connectivity index (χ1v) is 7.72. The third-order valence-corrected chi connectivity index (χ3v) is 3.95. The van der Waals surface area contributed by atoms with Gasteiger partial charge in [0.25, 0.3) is 0 Å². The Balaban J connectivity index is 2.91. The molecule has 0 fully saturated rings. The lowest BCUT2D eigenvalue weighted by atomic mass is 10.1. The second kappa shape index (κ2) is 8.32. The minimum Gasteiger partial charge on any atom is -0.389 e. The van der Waals surface area contributed by atoms with Gasteiger partial charge in [0.05, 0.1) is 0 Å². The van der Waals surface area contributed by atoms with E-state index in [1.807, 2.05) is 0 Å². The number of unbranched alkanes of at least 4 members (excludes halogenated alkanes) is 1. The molecule has 0 aliphatic rings. The Morgan fingerprint density at radius 1 is 1.40 bits per heavy atom. The number of benzene rings is 1. The monoisotopic (exact) mass is 296 g/mol. The van der Waals surface area contributed by atoms with E-state index in [9.17, 15) is 4.39 Å². The average Bonchev–Trinajstić information content (AvgIpc) is 2.44. The van der Waals surface area contributed by atoms with Crippen LogP contribution in [0, 0.1) is 5.82 Å². The van der Waals surface area contributed by atoms with E-state index in [2.05, 4.69) is 25.7 Å². The molecule has 2 nitrogen and oxygen atoms in total. The molecule has 0 aliphatic carbocycles. The molecular weight excluding hydrogens is 271 g/mol. The lowest BCUT2D eigenvalue weighted by Gasteiger charge is -2.28. The fourth-order valence-electron chi connectivity index (χ4n) is 2.14. The van der Waals surface area contributed by atoms with Gasteiger partial charge in [0.15, 0.2) is 0 Å². The molecule has 0 bridgehead atoms. The van der Waals surface area contributed by atoms with Crippen molar-refractivity contribution in [3.63, 3.8) is 0 Å². The molecule has 0 spiro atoms. The Kier molecular flexibility index (Phi) is 7.10. The largest absolute Gasteiger partial charge is 0.389 e. The van der Waals surface area contributed by atoms with Crippen molar-refractivity contribution in [2.75, 3.05) is 6.54 Å². The van der Waals surface area contributed by atoms with Crippen molar-refractivity contribution in [1.29, 1.82) is 0 Å². The minimum absolute atomic E-state index is 0.185. The highest BCUT2D eigenvalue weighted by atomic mass is 32.1. The fraction of sp³-hybridized carbons (Fsp3) is 0.562. The number of thiocarbonyl (C=S) groups is 1. The van der Waals surface area contributed by atoms with Crippen LogP contribution in [-0.4, -0.2) is 22.5 Å². The van der Waals surface area contributed by atoms with Gasteiger partial charge in [0.2, 0.25) is 0 Å². The van der Waals surface area contributed by atoms with Crippen molar-refractivity contribution < 1.29 is 4.39 Å². The molecule has 4 heteroatoms. The molecule has 1 aromatic carbocycles. The van der Waals surface area contributed by atoms with Crippen molar-refractivity contribution in [3.8, 4) is 0 Å². The maximum atomic E-state index is 14.0. The van der Waals surface area contributed by atoms with Gasteiger partial charge in [0.1, 0.15) is 10.8 Å². The molecular formula is C16H25FN2S. The Hall–Kier alpha value is -1.00. The van der Waals surface area contributed by atoms with Crippen molar-refractivity contribution in [3.05, 3.63) is 35.1 Å². The molecule has 1 unspecified atom stereocenters. The van der Waals surface area contributed by atoms with Crippen LogP contribution in [0.2, 0.25) is 0 Å². The van der Waals surface area contributed by atoms with Crippen molar-refractivity contribution >= 4 is 17.2 Å². The second-order valence-corrected chi connectivity index (χ2v) is 5.69. The van der Waals surface area contributed by atoms with E-state index in [1.54, 1.807) is 12.1 Å². The van der Waals surface area contributed by atoms with Gasteiger partial charge in [-0.05, 0) is 44.5 Å². The van der Waals surface area contributed by atoms with E-state index in [-0.39, 0.29) is 5.82 Å². The van der Waals surface area contributed by atoms with Crippen molar-refractivity contribution in [2.45, 2.75) is 52.6 Å². The highest BCUT2D eigenvalue weighted by Gasteiger charge is 2.15. The van der Waals surface area contributed by atoms with Gasteiger partial charge in [0, 0.05) is 23.7 Å². The van der Waals surface area contributed by atoms with Crippen LogP contribution in [0.3, 0.4) is 0 Å². The van der Waals surface area contributed by atoms with E-state index in [0.29, 0.717) is 23.1 Å². The van der Waals surface area contributed by atoms with Crippen LogP contribution in [0.25, 0.3) is 0 Å². The first kappa shape index (κ1) is 17.1. The van der Waals surface area contributed by atoms with Gasteiger partial charge in [-0.25, -0.2) is 4.39 Å². The lowest BCUT2D eigenvalue weighted by Crippen LogP contribution is -2.33. The summed E-state index contributed by atoms with van der Waals surface area (Å²) in [4.78, 5) is 2.64. The number of hydrogen-bond donors (Lipinski definition) is 1. The van der Waals surface area contributed by atoms with E-state index >= 15 is 0 Å². The van der Waals surface area contributed by atoms with E-state index in [0.717, 1.165) is 31.4 Å². The van der Waals surface area contributed by atoms with Crippen molar-refractivity contribution in [2.24, 2.45) is 5.73 Å². The van der Waals surface area contributed by atoms with Crippen LogP contribution in [0.15, 0.2) is 18.2 Å².